The minimum atomic E-state index is 0.783. The number of nitrogens with zero attached hydrogens (tertiary/aromatic N) is 1. The molecule has 0 radical (unpaired) electrons. The van der Waals surface area contributed by atoms with Crippen LogP contribution in [0.1, 0.15) is 25.7 Å². The lowest BCUT2D eigenvalue weighted by atomic mass is 10.0. The van der Waals surface area contributed by atoms with Crippen LogP contribution in [0, 0.1) is 0 Å². The zero-order valence-corrected chi connectivity index (χ0v) is 12.0. The summed E-state index contributed by atoms with van der Waals surface area (Å²) >= 11 is 2.04. The first kappa shape index (κ1) is 12.4. The van der Waals surface area contributed by atoms with Crippen molar-refractivity contribution in [3.8, 4) is 5.75 Å². The molecule has 0 unspecified atom stereocenters. The van der Waals surface area contributed by atoms with Gasteiger partial charge in [-0.15, -0.1) is 11.8 Å². The van der Waals surface area contributed by atoms with Crippen LogP contribution >= 0.6 is 11.8 Å². The van der Waals surface area contributed by atoms with E-state index in [0.717, 1.165) is 23.1 Å². The number of fused-ring (bicyclic) bond motifs is 2. The maximum atomic E-state index is 5.29. The largest absolute Gasteiger partial charge is 0.497 e. The number of thioether (sulfide) groups is 1. The number of benzene rings is 1. The van der Waals surface area contributed by atoms with E-state index in [-0.39, 0.29) is 0 Å². The van der Waals surface area contributed by atoms with Crippen molar-refractivity contribution >= 4 is 11.8 Å². The Balaban J connectivity index is 1.66. The third-order valence-corrected chi connectivity index (χ3v) is 5.64. The maximum Gasteiger partial charge on any atom is 0.119 e. The van der Waals surface area contributed by atoms with Crippen LogP contribution in [0.15, 0.2) is 29.2 Å². The Bertz CT molecular complexity index is 409. The number of piperidine rings is 1. The van der Waals surface area contributed by atoms with Crippen molar-refractivity contribution in [3.63, 3.8) is 0 Å². The Labute approximate surface area is 114 Å². The molecule has 2 saturated heterocycles. The van der Waals surface area contributed by atoms with Gasteiger partial charge in [-0.2, -0.15) is 0 Å². The zero-order chi connectivity index (χ0) is 12.5. The van der Waals surface area contributed by atoms with E-state index >= 15 is 0 Å². The van der Waals surface area contributed by atoms with Gasteiger partial charge in [0.15, 0.2) is 0 Å². The van der Waals surface area contributed by atoms with Crippen molar-refractivity contribution in [1.82, 2.24) is 4.90 Å². The van der Waals surface area contributed by atoms with Crippen LogP contribution in [0.25, 0.3) is 0 Å². The van der Waals surface area contributed by atoms with Gasteiger partial charge in [-0.3, -0.25) is 0 Å². The van der Waals surface area contributed by atoms with E-state index in [4.69, 9.17) is 4.74 Å². The predicted molar refractivity (Wildman–Crippen MR) is 76.4 cm³/mol. The molecule has 0 saturated carbocycles. The fourth-order valence-electron chi connectivity index (χ4n) is 3.32. The van der Waals surface area contributed by atoms with Crippen LogP contribution in [0.2, 0.25) is 0 Å². The van der Waals surface area contributed by atoms with Gasteiger partial charge in [-0.25, -0.2) is 0 Å². The fourth-order valence-corrected chi connectivity index (χ4v) is 4.69. The molecule has 0 N–H and O–H groups in total. The lowest BCUT2D eigenvalue weighted by molar-refractivity contribution is 0.183. The first-order chi connectivity index (χ1) is 8.76. The van der Waals surface area contributed by atoms with E-state index < -0.39 is 0 Å². The average Bonchev–Trinajstić information content (AvgIpc) is 2.62. The maximum absolute atomic E-state index is 5.29. The lowest BCUT2D eigenvalue weighted by Crippen LogP contribution is -2.40. The molecule has 0 amide bonds. The Morgan fingerprint density at radius 2 is 1.94 bits per heavy atom. The van der Waals surface area contributed by atoms with Crippen LogP contribution in [-0.2, 0) is 0 Å². The Morgan fingerprint density at radius 1 is 1.22 bits per heavy atom. The van der Waals surface area contributed by atoms with E-state index in [1.165, 1.54) is 30.6 Å². The Hall–Kier alpha value is -0.670. The first-order valence-corrected chi connectivity index (χ1v) is 7.67. The van der Waals surface area contributed by atoms with Gasteiger partial charge in [-0.1, -0.05) is 6.07 Å². The first-order valence-electron chi connectivity index (χ1n) is 6.79. The van der Waals surface area contributed by atoms with E-state index in [2.05, 4.69) is 30.1 Å². The SMILES string of the molecule is COc1cccc(S[C@@H]2C[C@H]3CC[C@@H](C2)N3C)c1. The van der Waals surface area contributed by atoms with Gasteiger partial charge in [0.25, 0.3) is 0 Å². The molecule has 2 bridgehead atoms. The van der Waals surface area contributed by atoms with E-state index in [1.54, 1.807) is 7.11 Å². The quantitative estimate of drug-likeness (QED) is 0.829. The predicted octanol–water partition coefficient (Wildman–Crippen LogP) is 3.41. The molecule has 1 aromatic rings. The normalized spacial score (nSPS) is 31.6. The van der Waals surface area contributed by atoms with E-state index in [9.17, 15) is 0 Å². The number of hydrogen-bond donors (Lipinski definition) is 0. The molecule has 3 rings (SSSR count). The third-order valence-electron chi connectivity index (χ3n) is 4.40. The van der Waals surface area contributed by atoms with Crippen LogP contribution in [-0.4, -0.2) is 36.4 Å². The van der Waals surface area contributed by atoms with Gasteiger partial charge >= 0.3 is 0 Å². The molecule has 98 valence electrons. The molecule has 2 heterocycles. The second kappa shape index (κ2) is 5.14. The number of rotatable bonds is 3. The smallest absolute Gasteiger partial charge is 0.119 e. The van der Waals surface area contributed by atoms with Gasteiger partial charge < -0.3 is 9.64 Å². The summed E-state index contributed by atoms with van der Waals surface area (Å²) in [7, 11) is 4.04. The molecule has 18 heavy (non-hydrogen) atoms. The molecular formula is C15H21NOS. The highest BCUT2D eigenvalue weighted by molar-refractivity contribution is 8.00. The second-order valence-electron chi connectivity index (χ2n) is 5.44. The molecule has 1 aromatic carbocycles. The molecule has 2 aliphatic rings. The lowest BCUT2D eigenvalue weighted by Gasteiger charge is -2.36. The van der Waals surface area contributed by atoms with Crippen molar-refractivity contribution < 1.29 is 4.74 Å². The molecule has 0 aliphatic carbocycles. The number of ether oxygens (including phenoxy) is 1. The van der Waals surface area contributed by atoms with Crippen LogP contribution in [0.5, 0.6) is 5.75 Å². The van der Waals surface area contributed by atoms with Crippen molar-refractivity contribution in [2.24, 2.45) is 0 Å². The van der Waals surface area contributed by atoms with Gasteiger partial charge in [0, 0.05) is 22.2 Å². The highest BCUT2D eigenvalue weighted by atomic mass is 32.2. The number of methoxy groups -OCH3 is 1. The highest BCUT2D eigenvalue weighted by Gasteiger charge is 2.38. The molecule has 3 heteroatoms. The number of hydrogen-bond acceptors (Lipinski definition) is 3. The summed E-state index contributed by atoms with van der Waals surface area (Å²) < 4.78 is 5.29. The van der Waals surface area contributed by atoms with Gasteiger partial charge in [-0.05, 0) is 50.9 Å². The summed E-state index contributed by atoms with van der Waals surface area (Å²) in [5.41, 5.74) is 0. The van der Waals surface area contributed by atoms with Crippen LogP contribution < -0.4 is 4.74 Å². The minimum absolute atomic E-state index is 0.783. The Kier molecular flexibility index (Phi) is 3.53. The monoisotopic (exact) mass is 263 g/mol. The van der Waals surface area contributed by atoms with Crippen LogP contribution in [0.3, 0.4) is 0 Å². The van der Waals surface area contributed by atoms with Crippen LogP contribution in [0.4, 0.5) is 0 Å². The summed E-state index contributed by atoms with van der Waals surface area (Å²) in [4.78, 5) is 3.95. The molecule has 3 atom stereocenters. The summed E-state index contributed by atoms with van der Waals surface area (Å²) in [6.07, 6.45) is 5.48. The Morgan fingerprint density at radius 3 is 2.61 bits per heavy atom. The molecular weight excluding hydrogens is 242 g/mol. The zero-order valence-electron chi connectivity index (χ0n) is 11.1. The summed E-state index contributed by atoms with van der Waals surface area (Å²) in [5, 5.41) is 0.783. The summed E-state index contributed by atoms with van der Waals surface area (Å²) in [6.45, 7) is 0. The molecule has 0 spiro atoms. The minimum Gasteiger partial charge on any atom is -0.497 e. The average molecular weight is 263 g/mol. The summed E-state index contributed by atoms with van der Waals surface area (Å²) in [5.74, 6) is 0.968. The summed E-state index contributed by atoms with van der Waals surface area (Å²) in [6, 6.07) is 10.1. The fraction of sp³-hybridized carbons (Fsp3) is 0.600. The van der Waals surface area contributed by atoms with E-state index in [1.807, 2.05) is 17.8 Å². The van der Waals surface area contributed by atoms with Gasteiger partial charge in [0.2, 0.25) is 0 Å². The molecule has 2 aliphatic heterocycles. The molecule has 2 nitrogen and oxygen atoms in total. The van der Waals surface area contributed by atoms with Gasteiger partial charge in [0.05, 0.1) is 7.11 Å². The topological polar surface area (TPSA) is 12.5 Å². The standard InChI is InChI=1S/C15H21NOS/c1-16-11-6-7-12(16)9-15(8-11)18-14-5-3-4-13(10-14)17-2/h3-5,10-12,15H,6-9H2,1-2H3/t11-,12+,15-. The highest BCUT2D eigenvalue weighted by Crippen LogP contribution is 2.41. The molecule has 2 fully saturated rings. The van der Waals surface area contributed by atoms with Crippen molar-refractivity contribution in [3.05, 3.63) is 24.3 Å². The van der Waals surface area contributed by atoms with Crippen molar-refractivity contribution in [2.45, 2.75) is 47.9 Å². The second-order valence-corrected chi connectivity index (χ2v) is 6.81. The molecule has 0 aromatic heterocycles. The van der Waals surface area contributed by atoms with Crippen molar-refractivity contribution in [1.29, 1.82) is 0 Å². The van der Waals surface area contributed by atoms with Gasteiger partial charge in [0.1, 0.15) is 5.75 Å². The van der Waals surface area contributed by atoms with E-state index in [0.29, 0.717) is 0 Å². The third kappa shape index (κ3) is 2.39. The van der Waals surface area contributed by atoms with Crippen molar-refractivity contribution in [2.75, 3.05) is 14.2 Å².